The van der Waals surface area contributed by atoms with Crippen LogP contribution < -0.4 is 10.6 Å². The van der Waals surface area contributed by atoms with Crippen molar-refractivity contribution in [3.8, 4) is 6.07 Å². The maximum Gasteiger partial charge on any atom is 0.169 e. The summed E-state index contributed by atoms with van der Waals surface area (Å²) >= 11 is 0. The van der Waals surface area contributed by atoms with Crippen molar-refractivity contribution in [2.45, 2.75) is 19.9 Å². The van der Waals surface area contributed by atoms with Gasteiger partial charge in [-0.3, -0.25) is 0 Å². The molecule has 1 aromatic heterocycles. The SMILES string of the molecule is CCCN(Cc1ccccc1N)c1nnccc1C#N. The van der Waals surface area contributed by atoms with Gasteiger partial charge in [0, 0.05) is 18.8 Å². The first-order valence-electron chi connectivity index (χ1n) is 6.56. The Balaban J connectivity index is 2.32. The Morgan fingerprint density at radius 1 is 1.30 bits per heavy atom. The fraction of sp³-hybridized carbons (Fsp3) is 0.267. The molecular formula is C15H17N5. The van der Waals surface area contributed by atoms with Crippen molar-refractivity contribution in [3.63, 3.8) is 0 Å². The van der Waals surface area contributed by atoms with Crippen LogP contribution in [-0.4, -0.2) is 16.7 Å². The van der Waals surface area contributed by atoms with Crippen LogP contribution in [0, 0.1) is 11.3 Å². The van der Waals surface area contributed by atoms with E-state index in [1.807, 2.05) is 29.2 Å². The van der Waals surface area contributed by atoms with Crippen molar-refractivity contribution < 1.29 is 0 Å². The van der Waals surface area contributed by atoms with Crippen LogP contribution in [0.15, 0.2) is 36.5 Å². The molecule has 5 nitrogen and oxygen atoms in total. The molecule has 0 fully saturated rings. The number of rotatable bonds is 5. The number of hydrogen-bond acceptors (Lipinski definition) is 5. The lowest BCUT2D eigenvalue weighted by atomic mass is 10.1. The second kappa shape index (κ2) is 6.53. The number of para-hydroxylation sites is 1. The first-order chi connectivity index (χ1) is 9.76. The molecule has 2 rings (SSSR count). The molecule has 20 heavy (non-hydrogen) atoms. The van der Waals surface area contributed by atoms with E-state index in [4.69, 9.17) is 5.73 Å². The summed E-state index contributed by atoms with van der Waals surface area (Å²) in [6.07, 6.45) is 2.48. The van der Waals surface area contributed by atoms with E-state index < -0.39 is 0 Å². The normalized spacial score (nSPS) is 10.0. The summed E-state index contributed by atoms with van der Waals surface area (Å²) in [5.41, 5.74) is 8.29. The second-order valence-corrected chi connectivity index (χ2v) is 4.50. The molecule has 1 aromatic carbocycles. The van der Waals surface area contributed by atoms with Gasteiger partial charge in [-0.15, -0.1) is 5.10 Å². The molecule has 2 aromatic rings. The van der Waals surface area contributed by atoms with E-state index in [-0.39, 0.29) is 0 Å². The maximum atomic E-state index is 9.19. The molecule has 2 N–H and O–H groups in total. The van der Waals surface area contributed by atoms with E-state index in [0.717, 1.165) is 24.2 Å². The van der Waals surface area contributed by atoms with Gasteiger partial charge in [-0.25, -0.2) is 0 Å². The summed E-state index contributed by atoms with van der Waals surface area (Å²) < 4.78 is 0. The van der Waals surface area contributed by atoms with Crippen LogP contribution in [0.2, 0.25) is 0 Å². The zero-order chi connectivity index (χ0) is 14.4. The van der Waals surface area contributed by atoms with Crippen molar-refractivity contribution in [3.05, 3.63) is 47.7 Å². The van der Waals surface area contributed by atoms with Gasteiger partial charge in [0.15, 0.2) is 5.82 Å². The van der Waals surface area contributed by atoms with E-state index in [9.17, 15) is 5.26 Å². The Labute approximate surface area is 118 Å². The lowest BCUT2D eigenvalue weighted by Gasteiger charge is -2.24. The highest BCUT2D eigenvalue weighted by molar-refractivity contribution is 5.55. The molecule has 0 radical (unpaired) electrons. The Morgan fingerprint density at radius 2 is 2.10 bits per heavy atom. The van der Waals surface area contributed by atoms with Crippen LogP contribution >= 0.6 is 0 Å². The van der Waals surface area contributed by atoms with Crippen molar-refractivity contribution in [1.82, 2.24) is 10.2 Å². The Morgan fingerprint density at radius 3 is 2.80 bits per heavy atom. The fourth-order valence-electron chi connectivity index (χ4n) is 2.06. The lowest BCUT2D eigenvalue weighted by Crippen LogP contribution is -2.26. The number of hydrogen-bond donors (Lipinski definition) is 1. The summed E-state index contributed by atoms with van der Waals surface area (Å²) in [5, 5.41) is 17.2. The van der Waals surface area contributed by atoms with Gasteiger partial charge < -0.3 is 10.6 Å². The average molecular weight is 267 g/mol. The zero-order valence-corrected chi connectivity index (χ0v) is 11.5. The molecule has 0 aliphatic heterocycles. The molecule has 0 aliphatic rings. The van der Waals surface area contributed by atoms with Gasteiger partial charge in [0.2, 0.25) is 0 Å². The van der Waals surface area contributed by atoms with E-state index in [1.165, 1.54) is 6.20 Å². The summed E-state index contributed by atoms with van der Waals surface area (Å²) in [6.45, 7) is 3.50. The number of nitrogens with zero attached hydrogens (tertiary/aromatic N) is 4. The highest BCUT2D eigenvalue weighted by Crippen LogP contribution is 2.21. The number of anilines is 2. The summed E-state index contributed by atoms with van der Waals surface area (Å²) in [4.78, 5) is 2.04. The smallest absolute Gasteiger partial charge is 0.169 e. The molecule has 1 heterocycles. The number of benzene rings is 1. The predicted molar refractivity (Wildman–Crippen MR) is 78.9 cm³/mol. The minimum absolute atomic E-state index is 0.531. The number of nitrogen functional groups attached to an aromatic ring is 1. The first kappa shape index (κ1) is 13.8. The van der Waals surface area contributed by atoms with Gasteiger partial charge in [0.25, 0.3) is 0 Å². The largest absolute Gasteiger partial charge is 0.398 e. The molecule has 0 aliphatic carbocycles. The van der Waals surface area contributed by atoms with Crippen molar-refractivity contribution >= 4 is 11.5 Å². The molecule has 0 bridgehead atoms. The minimum Gasteiger partial charge on any atom is -0.398 e. The molecule has 0 atom stereocenters. The Kier molecular flexibility index (Phi) is 4.51. The topological polar surface area (TPSA) is 78.8 Å². The lowest BCUT2D eigenvalue weighted by molar-refractivity contribution is 0.743. The summed E-state index contributed by atoms with van der Waals surface area (Å²) in [5.74, 6) is 0.611. The molecule has 0 saturated carbocycles. The van der Waals surface area contributed by atoms with E-state index in [0.29, 0.717) is 17.9 Å². The zero-order valence-electron chi connectivity index (χ0n) is 11.5. The molecule has 0 saturated heterocycles. The van der Waals surface area contributed by atoms with Gasteiger partial charge in [0.05, 0.1) is 11.8 Å². The summed E-state index contributed by atoms with van der Waals surface area (Å²) in [7, 11) is 0. The molecule has 5 heteroatoms. The number of nitriles is 1. The van der Waals surface area contributed by atoms with Crippen LogP contribution in [0.5, 0.6) is 0 Å². The Bertz CT molecular complexity index is 618. The van der Waals surface area contributed by atoms with Gasteiger partial charge in [-0.1, -0.05) is 25.1 Å². The van der Waals surface area contributed by atoms with Crippen LogP contribution in [0.4, 0.5) is 11.5 Å². The monoisotopic (exact) mass is 267 g/mol. The number of aromatic nitrogens is 2. The molecule has 102 valence electrons. The average Bonchev–Trinajstić information content (AvgIpc) is 2.49. The predicted octanol–water partition coefficient (Wildman–Crippen LogP) is 2.35. The minimum atomic E-state index is 0.531. The van der Waals surface area contributed by atoms with Crippen LogP contribution in [0.3, 0.4) is 0 Å². The van der Waals surface area contributed by atoms with Gasteiger partial charge in [-0.05, 0) is 24.1 Å². The number of nitrogens with two attached hydrogens (primary N) is 1. The van der Waals surface area contributed by atoms with Crippen molar-refractivity contribution in [1.29, 1.82) is 5.26 Å². The standard InChI is InChI=1S/C15H17N5/c1-2-9-20(11-13-5-3-4-6-14(13)17)15-12(10-16)7-8-18-19-15/h3-8H,2,9,11,17H2,1H3. The maximum absolute atomic E-state index is 9.19. The second-order valence-electron chi connectivity index (χ2n) is 4.50. The first-order valence-corrected chi connectivity index (χ1v) is 6.56. The molecule has 0 amide bonds. The quantitative estimate of drug-likeness (QED) is 0.841. The molecular weight excluding hydrogens is 250 g/mol. The van der Waals surface area contributed by atoms with Crippen LogP contribution in [0.1, 0.15) is 24.5 Å². The van der Waals surface area contributed by atoms with E-state index in [2.05, 4.69) is 23.2 Å². The van der Waals surface area contributed by atoms with Gasteiger partial charge in [-0.2, -0.15) is 10.4 Å². The third-order valence-electron chi connectivity index (χ3n) is 3.03. The van der Waals surface area contributed by atoms with Gasteiger partial charge >= 0.3 is 0 Å². The van der Waals surface area contributed by atoms with Crippen LogP contribution in [-0.2, 0) is 6.54 Å². The van der Waals surface area contributed by atoms with E-state index in [1.54, 1.807) is 6.07 Å². The highest BCUT2D eigenvalue weighted by atomic mass is 15.3. The highest BCUT2D eigenvalue weighted by Gasteiger charge is 2.14. The van der Waals surface area contributed by atoms with Gasteiger partial charge in [0.1, 0.15) is 6.07 Å². The molecule has 0 unspecified atom stereocenters. The third kappa shape index (κ3) is 3.04. The van der Waals surface area contributed by atoms with Crippen LogP contribution in [0.25, 0.3) is 0 Å². The third-order valence-corrected chi connectivity index (χ3v) is 3.03. The molecule has 0 spiro atoms. The Hall–Kier alpha value is -2.61. The summed E-state index contributed by atoms with van der Waals surface area (Å²) in [6, 6.07) is 11.6. The van der Waals surface area contributed by atoms with E-state index >= 15 is 0 Å². The van der Waals surface area contributed by atoms with Crippen molar-refractivity contribution in [2.75, 3.05) is 17.2 Å². The fourth-order valence-corrected chi connectivity index (χ4v) is 2.06. The van der Waals surface area contributed by atoms with Crippen molar-refractivity contribution in [2.24, 2.45) is 0 Å².